The maximum Gasteiger partial charge on any atom is 0.216 e. The van der Waals surface area contributed by atoms with Gasteiger partial charge in [0.2, 0.25) is 5.69 Å². The first-order valence-corrected chi connectivity index (χ1v) is 11.1. The van der Waals surface area contributed by atoms with E-state index >= 15 is 0 Å². The summed E-state index contributed by atoms with van der Waals surface area (Å²) in [5.74, 6) is -2.24. The molecule has 0 N–H and O–H groups in total. The molecule has 2 aromatic heterocycles. The summed E-state index contributed by atoms with van der Waals surface area (Å²) in [5, 5.41) is 0.772. The van der Waals surface area contributed by atoms with Crippen molar-refractivity contribution in [3.8, 4) is 22.4 Å². The Bertz CT molecular complexity index is 2080. The molecule has 1 aliphatic rings. The van der Waals surface area contributed by atoms with Gasteiger partial charge >= 0.3 is 0 Å². The maximum absolute atomic E-state index is 8.70. The van der Waals surface area contributed by atoms with Crippen molar-refractivity contribution in [2.24, 2.45) is 7.05 Å². The van der Waals surface area contributed by atoms with Crippen LogP contribution in [0, 0.1) is 13.8 Å². The number of hydrogen-bond acceptors (Lipinski definition) is 1. The Morgan fingerprint density at radius 1 is 1.03 bits per heavy atom. The van der Waals surface area contributed by atoms with E-state index in [4.69, 9.17) is 22.2 Å². The molecular formula is C32H32NO+. The van der Waals surface area contributed by atoms with Gasteiger partial charge in [-0.3, -0.25) is 0 Å². The van der Waals surface area contributed by atoms with Crippen molar-refractivity contribution in [1.82, 2.24) is 0 Å². The van der Waals surface area contributed by atoms with Gasteiger partial charge in [-0.15, -0.1) is 0 Å². The van der Waals surface area contributed by atoms with Gasteiger partial charge in [0.1, 0.15) is 18.2 Å². The highest BCUT2D eigenvalue weighted by Gasteiger charge is 2.38. The molecule has 170 valence electrons. The summed E-state index contributed by atoms with van der Waals surface area (Å²) in [7, 11) is 1.61. The first kappa shape index (κ1) is 11.4. The summed E-state index contributed by atoms with van der Waals surface area (Å²) in [4.78, 5) is 0. The average Bonchev–Trinajstić information content (AvgIpc) is 3.45. The lowest BCUT2D eigenvalue weighted by Gasteiger charge is -2.22. The molecule has 1 atom stereocenters. The van der Waals surface area contributed by atoms with Crippen LogP contribution in [0.15, 0.2) is 65.2 Å². The first-order chi connectivity index (χ1) is 21.5. The molecule has 0 aliphatic heterocycles. The van der Waals surface area contributed by atoms with Gasteiger partial charge < -0.3 is 4.42 Å². The molecule has 3 aromatic carbocycles. The van der Waals surface area contributed by atoms with Crippen LogP contribution in [0.4, 0.5) is 0 Å². The van der Waals surface area contributed by atoms with E-state index in [-0.39, 0.29) is 33.4 Å². The summed E-state index contributed by atoms with van der Waals surface area (Å²) in [6.07, 6.45) is 1.35. The van der Waals surface area contributed by atoms with Crippen LogP contribution in [0.1, 0.15) is 79.0 Å². The third-order valence-corrected chi connectivity index (χ3v) is 6.94. The summed E-state index contributed by atoms with van der Waals surface area (Å²) >= 11 is 0. The number of nitrogens with zero attached hydrogens (tertiary/aromatic N) is 1. The normalized spacial score (nSPS) is 23.1. The van der Waals surface area contributed by atoms with Crippen molar-refractivity contribution < 1.29 is 26.8 Å². The van der Waals surface area contributed by atoms with E-state index in [0.717, 1.165) is 6.92 Å². The molecule has 0 radical (unpaired) electrons. The van der Waals surface area contributed by atoms with Gasteiger partial charge in [0, 0.05) is 45.6 Å². The van der Waals surface area contributed by atoms with Gasteiger partial charge in [-0.05, 0) is 59.1 Å². The second-order valence-corrected chi connectivity index (χ2v) is 9.11. The zero-order chi connectivity index (χ0) is 34.9. The van der Waals surface area contributed by atoms with E-state index in [1.165, 1.54) is 12.3 Å². The second-order valence-electron chi connectivity index (χ2n) is 9.11. The van der Waals surface area contributed by atoms with Gasteiger partial charge in [0.25, 0.3) is 0 Å². The molecule has 6 rings (SSSR count). The highest BCUT2D eigenvalue weighted by molar-refractivity contribution is 6.14. The lowest BCUT2D eigenvalue weighted by molar-refractivity contribution is -0.660. The fourth-order valence-corrected chi connectivity index (χ4v) is 5.34. The quantitative estimate of drug-likeness (QED) is 0.244. The molecule has 0 spiro atoms. The van der Waals surface area contributed by atoms with E-state index < -0.39 is 38.7 Å². The minimum Gasteiger partial charge on any atom is -0.455 e. The molecule has 0 saturated heterocycles. The maximum atomic E-state index is 8.70. The van der Waals surface area contributed by atoms with E-state index in [9.17, 15) is 0 Å². The monoisotopic (exact) mass is 459 g/mol. The lowest BCUT2D eigenvalue weighted by atomic mass is 9.80. The topological polar surface area (TPSA) is 17.0 Å². The molecule has 34 heavy (non-hydrogen) atoms. The van der Waals surface area contributed by atoms with Gasteiger partial charge in [-0.25, -0.2) is 4.57 Å². The number of furan rings is 1. The zero-order valence-corrected chi connectivity index (χ0v) is 19.1. The highest BCUT2D eigenvalue weighted by Crippen LogP contribution is 2.53. The molecule has 0 saturated carbocycles. The predicted octanol–water partition coefficient (Wildman–Crippen LogP) is 8.12. The van der Waals surface area contributed by atoms with E-state index in [0.29, 0.717) is 38.7 Å². The number of fused-ring (bicyclic) bond motifs is 7. The molecule has 5 aromatic rings. The number of aryl methyl sites for hydroxylation is 3. The van der Waals surface area contributed by atoms with Gasteiger partial charge in [0.05, 0.1) is 5.56 Å². The largest absolute Gasteiger partial charge is 0.455 e. The second kappa shape index (κ2) is 7.06. The molecule has 0 amide bonds. The van der Waals surface area contributed by atoms with Crippen molar-refractivity contribution in [3.63, 3.8) is 0 Å². The molecule has 0 bridgehead atoms. The van der Waals surface area contributed by atoms with Crippen LogP contribution in [-0.2, 0) is 12.5 Å². The average molecular weight is 460 g/mol. The van der Waals surface area contributed by atoms with Crippen LogP contribution in [0.3, 0.4) is 0 Å². The highest BCUT2D eigenvalue weighted by atomic mass is 16.3. The zero-order valence-electron chi connectivity index (χ0n) is 32.1. The Hall–Kier alpha value is -3.39. The Morgan fingerprint density at radius 3 is 2.68 bits per heavy atom. The van der Waals surface area contributed by atoms with Crippen molar-refractivity contribution in [2.45, 2.75) is 52.6 Å². The van der Waals surface area contributed by atoms with E-state index in [1.54, 1.807) is 67.1 Å². The van der Waals surface area contributed by atoms with Crippen LogP contribution in [0.5, 0.6) is 0 Å². The summed E-state index contributed by atoms with van der Waals surface area (Å²) in [6, 6.07) is 14.8. The first-order valence-electron chi connectivity index (χ1n) is 17.6. The smallest absolute Gasteiger partial charge is 0.216 e. The van der Waals surface area contributed by atoms with Crippen molar-refractivity contribution in [2.75, 3.05) is 0 Å². The van der Waals surface area contributed by atoms with Crippen LogP contribution in [0.25, 0.3) is 44.3 Å². The molecular weight excluding hydrogens is 414 g/mol. The summed E-state index contributed by atoms with van der Waals surface area (Å²) in [5.41, 5.74) is 0.446. The fourth-order valence-electron chi connectivity index (χ4n) is 5.34. The predicted molar refractivity (Wildman–Crippen MR) is 141 cm³/mol. The molecule has 2 heteroatoms. The minimum atomic E-state index is -2.99. The van der Waals surface area contributed by atoms with Crippen molar-refractivity contribution >= 4 is 21.9 Å². The number of hydrogen-bond donors (Lipinski definition) is 0. The van der Waals surface area contributed by atoms with Crippen LogP contribution in [0.2, 0.25) is 0 Å². The van der Waals surface area contributed by atoms with Gasteiger partial charge in [-0.2, -0.15) is 0 Å². The van der Waals surface area contributed by atoms with Crippen LogP contribution >= 0.6 is 0 Å². The van der Waals surface area contributed by atoms with Crippen molar-refractivity contribution in [3.05, 3.63) is 88.6 Å². The third-order valence-electron chi connectivity index (χ3n) is 6.94. The molecule has 0 fully saturated rings. The Kier molecular flexibility index (Phi) is 2.36. The molecule has 1 aliphatic carbocycles. The Morgan fingerprint density at radius 2 is 1.88 bits per heavy atom. The van der Waals surface area contributed by atoms with Crippen LogP contribution in [-0.4, -0.2) is 0 Å². The van der Waals surface area contributed by atoms with E-state index in [2.05, 4.69) is 0 Å². The Balaban J connectivity index is 1.75. The van der Waals surface area contributed by atoms with Crippen LogP contribution < -0.4 is 4.57 Å². The molecule has 1 unspecified atom stereocenters. The lowest BCUT2D eigenvalue weighted by Crippen LogP contribution is -2.32. The third kappa shape index (κ3) is 2.72. The molecule has 2 nitrogen and oxygen atoms in total. The number of pyridine rings is 1. The molecule has 2 heterocycles. The standard InChI is InChI=1S/C32H32NO/c1-18(2)24-17-33(7)26(16-20(24)4)28-19(3)12-13-23-29-27(34-31(23)28)15-14-22-21-10-8-9-11-25(21)32(5,6)30(22)29/h8-18H,1-7H3/q+1/i1D3,4D3,5D3,6D3,18D. The van der Waals surface area contributed by atoms with Gasteiger partial charge in [0.15, 0.2) is 6.20 Å². The van der Waals surface area contributed by atoms with E-state index in [1.807, 2.05) is 0 Å². The van der Waals surface area contributed by atoms with Gasteiger partial charge in [-0.1, -0.05) is 69.9 Å². The fraction of sp³-hybridized carbons (Fsp3) is 0.281. The minimum absolute atomic E-state index is 0.121. The SMILES string of the molecule is [2H]C([2H])([2H])c1cc(-c2c(C)ccc3c2oc2ccc4c(c23)C(C([2H])([2H])[2H])(C([2H])([2H])[2H])c2ccccc2-4)[n+](C)cc1C([2H])(C)C([2H])([2H])[2H]. The number of rotatable bonds is 2. The summed E-state index contributed by atoms with van der Waals surface area (Å²) < 4.78 is 118. The number of aromatic nitrogens is 1. The Labute approximate surface area is 220 Å². The summed E-state index contributed by atoms with van der Waals surface area (Å²) in [6.45, 7) is -8.63. The number of benzene rings is 3. The van der Waals surface area contributed by atoms with Crippen molar-refractivity contribution in [1.29, 1.82) is 0 Å².